The lowest BCUT2D eigenvalue weighted by Gasteiger charge is -2.07. The maximum absolute atomic E-state index is 11.7. The van der Waals surface area contributed by atoms with Crippen molar-refractivity contribution in [1.29, 1.82) is 0 Å². The van der Waals surface area contributed by atoms with Gasteiger partial charge in [0.2, 0.25) is 0 Å². The molecule has 2 heterocycles. The zero-order valence-corrected chi connectivity index (χ0v) is 10.8. The van der Waals surface area contributed by atoms with E-state index in [0.29, 0.717) is 5.82 Å². The largest absolute Gasteiger partial charge is 0.465 e. The molecule has 0 saturated heterocycles. The number of carbonyl (C=O) groups excluding carboxylic acids is 1. The van der Waals surface area contributed by atoms with Crippen LogP contribution in [0.1, 0.15) is 10.4 Å². The van der Waals surface area contributed by atoms with E-state index in [2.05, 4.69) is 10.1 Å². The van der Waals surface area contributed by atoms with Crippen LogP contribution >= 0.6 is 0 Å². The number of ether oxygens (including phenoxy) is 1. The number of pyridine rings is 1. The van der Waals surface area contributed by atoms with E-state index >= 15 is 0 Å². The molecule has 2 N–H and O–H groups in total. The summed E-state index contributed by atoms with van der Waals surface area (Å²) in [6.45, 7) is 0. The molecule has 0 spiro atoms. The Morgan fingerprint density at radius 3 is 2.90 bits per heavy atom. The number of aromatic nitrogens is 3. The Kier molecular flexibility index (Phi) is 2.83. The fourth-order valence-electron chi connectivity index (χ4n) is 2.01. The van der Waals surface area contributed by atoms with Gasteiger partial charge in [0.15, 0.2) is 5.82 Å². The van der Waals surface area contributed by atoms with Crippen molar-refractivity contribution in [3.8, 4) is 5.82 Å². The average molecular weight is 268 g/mol. The van der Waals surface area contributed by atoms with Gasteiger partial charge in [0, 0.05) is 5.39 Å². The van der Waals surface area contributed by atoms with Gasteiger partial charge in [0.1, 0.15) is 0 Å². The van der Waals surface area contributed by atoms with Crippen molar-refractivity contribution in [2.45, 2.75) is 0 Å². The van der Waals surface area contributed by atoms with Crippen molar-refractivity contribution < 1.29 is 9.53 Å². The van der Waals surface area contributed by atoms with Gasteiger partial charge < -0.3 is 10.5 Å². The van der Waals surface area contributed by atoms with Gasteiger partial charge in [0.25, 0.3) is 0 Å². The number of benzene rings is 1. The first-order chi connectivity index (χ1) is 9.70. The molecule has 1 aromatic carbocycles. The summed E-state index contributed by atoms with van der Waals surface area (Å²) in [6.07, 6.45) is 3.17. The lowest BCUT2D eigenvalue weighted by Crippen LogP contribution is -2.09. The summed E-state index contributed by atoms with van der Waals surface area (Å²) in [5.41, 5.74) is 7.19. The number of nitrogens with zero attached hydrogens (tertiary/aromatic N) is 3. The quantitative estimate of drug-likeness (QED) is 0.716. The predicted octanol–water partition coefficient (Wildman–Crippen LogP) is 1.79. The smallest absolute Gasteiger partial charge is 0.340 e. The number of hydrogen-bond acceptors (Lipinski definition) is 5. The minimum absolute atomic E-state index is 0.275. The maximum atomic E-state index is 11.7. The molecule has 6 heteroatoms. The summed E-state index contributed by atoms with van der Waals surface area (Å²) in [6, 6.07) is 9.31. The molecule has 3 aromatic rings. The lowest BCUT2D eigenvalue weighted by molar-refractivity contribution is 0.0602. The van der Waals surface area contributed by atoms with Crippen LogP contribution in [0.2, 0.25) is 0 Å². The highest BCUT2D eigenvalue weighted by Crippen LogP contribution is 2.19. The van der Waals surface area contributed by atoms with Crippen molar-refractivity contribution in [1.82, 2.24) is 14.8 Å². The van der Waals surface area contributed by atoms with E-state index in [1.54, 1.807) is 16.9 Å². The third-order valence-electron chi connectivity index (χ3n) is 3.02. The molecular weight excluding hydrogens is 256 g/mol. The third-order valence-corrected chi connectivity index (χ3v) is 3.02. The van der Waals surface area contributed by atoms with Crippen LogP contribution in [0.3, 0.4) is 0 Å². The summed E-state index contributed by atoms with van der Waals surface area (Å²) >= 11 is 0. The van der Waals surface area contributed by atoms with E-state index in [9.17, 15) is 4.79 Å². The molecule has 0 aliphatic carbocycles. The first kappa shape index (κ1) is 12.2. The normalized spacial score (nSPS) is 10.7. The number of methoxy groups -OCH3 is 1. The molecule has 2 aromatic heterocycles. The number of anilines is 1. The lowest BCUT2D eigenvalue weighted by atomic mass is 10.2. The monoisotopic (exact) mass is 268 g/mol. The van der Waals surface area contributed by atoms with Gasteiger partial charge in [-0.25, -0.2) is 14.5 Å². The molecule has 20 heavy (non-hydrogen) atoms. The van der Waals surface area contributed by atoms with Crippen molar-refractivity contribution in [3.05, 3.63) is 48.3 Å². The molecule has 0 bridgehead atoms. The Bertz CT molecular complexity index is 795. The van der Waals surface area contributed by atoms with Crippen LogP contribution in [0, 0.1) is 0 Å². The van der Waals surface area contributed by atoms with E-state index in [-0.39, 0.29) is 11.3 Å². The molecular formula is C14H12N4O2. The Hall–Kier alpha value is -2.89. The van der Waals surface area contributed by atoms with Gasteiger partial charge in [-0.1, -0.05) is 18.2 Å². The summed E-state index contributed by atoms with van der Waals surface area (Å²) < 4.78 is 6.35. The molecule has 0 aliphatic rings. The van der Waals surface area contributed by atoms with E-state index in [4.69, 9.17) is 10.5 Å². The Labute approximate surface area is 114 Å². The fraction of sp³-hybridized carbons (Fsp3) is 0.0714. The van der Waals surface area contributed by atoms with Gasteiger partial charge >= 0.3 is 5.97 Å². The van der Waals surface area contributed by atoms with Gasteiger partial charge in [-0.2, -0.15) is 5.10 Å². The Morgan fingerprint density at radius 1 is 1.30 bits per heavy atom. The molecule has 6 nitrogen and oxygen atoms in total. The van der Waals surface area contributed by atoms with Crippen molar-refractivity contribution >= 4 is 22.6 Å². The average Bonchev–Trinajstić information content (AvgIpc) is 2.91. The summed E-state index contributed by atoms with van der Waals surface area (Å²) in [7, 11) is 1.31. The number of carbonyl (C=O) groups is 1. The fourth-order valence-corrected chi connectivity index (χ4v) is 2.01. The first-order valence-electron chi connectivity index (χ1n) is 5.97. The van der Waals surface area contributed by atoms with Gasteiger partial charge in [-0.15, -0.1) is 0 Å². The highest BCUT2D eigenvalue weighted by atomic mass is 16.5. The van der Waals surface area contributed by atoms with Crippen LogP contribution in [0.25, 0.3) is 16.7 Å². The van der Waals surface area contributed by atoms with Gasteiger partial charge in [-0.05, 0) is 12.1 Å². The van der Waals surface area contributed by atoms with E-state index < -0.39 is 5.97 Å². The Balaban J connectivity index is 2.17. The first-order valence-corrected chi connectivity index (χ1v) is 5.97. The molecule has 0 unspecified atom stereocenters. The van der Waals surface area contributed by atoms with E-state index in [0.717, 1.165) is 10.9 Å². The number of para-hydroxylation sites is 1. The number of hydrogen-bond donors (Lipinski definition) is 1. The second kappa shape index (κ2) is 4.65. The predicted molar refractivity (Wildman–Crippen MR) is 74.6 cm³/mol. The minimum atomic E-state index is -0.498. The second-order valence-corrected chi connectivity index (χ2v) is 4.24. The van der Waals surface area contributed by atoms with Crippen LogP contribution < -0.4 is 5.73 Å². The highest BCUT2D eigenvalue weighted by Gasteiger charge is 2.13. The molecule has 0 amide bonds. The van der Waals surface area contributed by atoms with Crippen molar-refractivity contribution in [2.24, 2.45) is 0 Å². The zero-order valence-electron chi connectivity index (χ0n) is 10.8. The van der Waals surface area contributed by atoms with Crippen LogP contribution in [-0.4, -0.2) is 27.8 Å². The zero-order chi connectivity index (χ0) is 14.1. The van der Waals surface area contributed by atoms with Crippen LogP contribution in [0.4, 0.5) is 5.69 Å². The Morgan fingerprint density at radius 2 is 2.10 bits per heavy atom. The SMILES string of the molecule is COC(=O)c1cc(-n2ncc3ccccc32)ncc1N. The number of fused-ring (bicyclic) bond motifs is 1. The van der Waals surface area contributed by atoms with Crippen molar-refractivity contribution in [2.75, 3.05) is 12.8 Å². The number of nitrogen functional groups attached to an aromatic ring is 1. The topological polar surface area (TPSA) is 83.0 Å². The molecule has 0 saturated carbocycles. The van der Waals surface area contributed by atoms with Gasteiger partial charge in [0.05, 0.1) is 36.3 Å². The second-order valence-electron chi connectivity index (χ2n) is 4.24. The standard InChI is InChI=1S/C14H12N4O2/c1-20-14(19)10-6-13(16-8-11(10)15)18-12-5-3-2-4-9(12)7-17-18/h2-8H,15H2,1H3. The third kappa shape index (κ3) is 1.87. The highest BCUT2D eigenvalue weighted by molar-refractivity contribution is 5.95. The molecule has 0 aliphatic heterocycles. The van der Waals surface area contributed by atoms with E-state index in [1.165, 1.54) is 13.3 Å². The molecule has 0 radical (unpaired) electrons. The summed E-state index contributed by atoms with van der Waals surface area (Å²) in [5, 5.41) is 5.27. The number of esters is 1. The number of rotatable bonds is 2. The summed E-state index contributed by atoms with van der Waals surface area (Å²) in [4.78, 5) is 15.9. The van der Waals surface area contributed by atoms with Crippen LogP contribution in [0.15, 0.2) is 42.7 Å². The van der Waals surface area contributed by atoms with Crippen molar-refractivity contribution in [3.63, 3.8) is 0 Å². The molecule has 0 fully saturated rings. The maximum Gasteiger partial charge on any atom is 0.340 e. The van der Waals surface area contributed by atoms with Crippen LogP contribution in [0.5, 0.6) is 0 Å². The van der Waals surface area contributed by atoms with E-state index in [1.807, 2.05) is 24.3 Å². The molecule has 0 atom stereocenters. The number of nitrogens with two attached hydrogens (primary N) is 1. The summed E-state index contributed by atoms with van der Waals surface area (Å²) in [5.74, 6) is 0.0170. The molecule has 3 rings (SSSR count). The minimum Gasteiger partial charge on any atom is -0.465 e. The van der Waals surface area contributed by atoms with Gasteiger partial charge in [-0.3, -0.25) is 0 Å². The molecule has 100 valence electrons. The van der Waals surface area contributed by atoms with Crippen LogP contribution in [-0.2, 0) is 4.74 Å².